The van der Waals surface area contributed by atoms with Gasteiger partial charge in [0.05, 0.1) is 39.6 Å². The van der Waals surface area contributed by atoms with Crippen LogP contribution >= 0.6 is 0 Å². The predicted octanol–water partition coefficient (Wildman–Crippen LogP) is 1.96. The van der Waals surface area contributed by atoms with Crippen LogP contribution in [-0.2, 0) is 14.2 Å². The van der Waals surface area contributed by atoms with Gasteiger partial charge in [0.25, 0.3) is 5.95 Å². The zero-order valence-corrected chi connectivity index (χ0v) is 12.2. The molecule has 1 heterocycles. The Morgan fingerprint density at radius 1 is 1.05 bits per heavy atom. The van der Waals surface area contributed by atoms with E-state index in [0.29, 0.717) is 46.2 Å². The van der Waals surface area contributed by atoms with Crippen LogP contribution in [0.4, 0.5) is 4.39 Å². The summed E-state index contributed by atoms with van der Waals surface area (Å²) in [6.07, 6.45) is 1.36. The second-order valence-corrected chi connectivity index (χ2v) is 3.93. The molecule has 0 spiro atoms. The van der Waals surface area contributed by atoms with Gasteiger partial charge in [0, 0.05) is 17.7 Å². The Labute approximate surface area is 127 Å². The first-order chi connectivity index (χ1) is 10.8. The summed E-state index contributed by atoms with van der Waals surface area (Å²) in [5.74, 6) is -0.522. The first-order valence-electron chi connectivity index (χ1n) is 6.82. The van der Waals surface area contributed by atoms with E-state index in [2.05, 4.69) is 15.0 Å². The van der Waals surface area contributed by atoms with Crippen molar-refractivity contribution in [1.82, 2.24) is 4.98 Å². The quantitative estimate of drug-likeness (QED) is 0.182. The Morgan fingerprint density at radius 2 is 1.68 bits per heavy atom. The van der Waals surface area contributed by atoms with E-state index in [1.807, 2.05) is 0 Å². The molecule has 1 aromatic rings. The molecule has 0 aliphatic rings. The Balaban J connectivity index is 1.84. The van der Waals surface area contributed by atoms with Crippen molar-refractivity contribution < 1.29 is 23.3 Å². The van der Waals surface area contributed by atoms with Crippen LogP contribution in [0.5, 0.6) is 5.75 Å². The Kier molecular flexibility index (Phi) is 10.5. The van der Waals surface area contributed by atoms with Gasteiger partial charge in [-0.05, 0) is 17.7 Å². The average molecular weight is 314 g/mol. The molecule has 1 rings (SSSR count). The zero-order chi connectivity index (χ0) is 15.9. The van der Waals surface area contributed by atoms with Crippen molar-refractivity contribution in [3.63, 3.8) is 0 Å². The fourth-order valence-corrected chi connectivity index (χ4v) is 1.38. The molecule has 0 atom stereocenters. The van der Waals surface area contributed by atoms with E-state index >= 15 is 0 Å². The molecule has 22 heavy (non-hydrogen) atoms. The van der Waals surface area contributed by atoms with Gasteiger partial charge < -0.3 is 18.9 Å². The number of hydrogen-bond donors (Lipinski definition) is 0. The maximum Gasteiger partial charge on any atom is 0.255 e. The third kappa shape index (κ3) is 9.09. The monoisotopic (exact) mass is 314 g/mol. The number of azide groups is 1. The highest BCUT2D eigenvalue weighted by Gasteiger charge is 2.01. The van der Waals surface area contributed by atoms with Crippen molar-refractivity contribution in [3.8, 4) is 5.75 Å². The summed E-state index contributed by atoms with van der Waals surface area (Å²) in [5.41, 5.74) is 8.04. The summed E-state index contributed by atoms with van der Waals surface area (Å²) in [7, 11) is 0. The fourth-order valence-electron chi connectivity index (χ4n) is 1.38. The molecule has 0 fully saturated rings. The summed E-state index contributed by atoms with van der Waals surface area (Å²) in [4.78, 5) is 6.08. The molecule has 0 radical (unpaired) electrons. The number of nitrogens with zero attached hydrogens (tertiary/aromatic N) is 4. The minimum atomic E-state index is -0.633. The number of hydrogen-bond acceptors (Lipinski definition) is 6. The van der Waals surface area contributed by atoms with Crippen molar-refractivity contribution in [2.45, 2.75) is 0 Å². The second-order valence-electron chi connectivity index (χ2n) is 3.93. The van der Waals surface area contributed by atoms with E-state index < -0.39 is 5.95 Å². The van der Waals surface area contributed by atoms with E-state index in [1.165, 1.54) is 12.3 Å². The minimum Gasteiger partial charge on any atom is -0.486 e. The molecule has 8 nitrogen and oxygen atoms in total. The maximum absolute atomic E-state index is 13.1. The fraction of sp³-hybridized carbons (Fsp3) is 0.615. The van der Waals surface area contributed by atoms with Gasteiger partial charge in [0.15, 0.2) is 5.75 Å². The molecule has 0 unspecified atom stereocenters. The Bertz CT molecular complexity index is 457. The lowest BCUT2D eigenvalue weighted by molar-refractivity contribution is 0.0103. The van der Waals surface area contributed by atoms with Crippen molar-refractivity contribution in [1.29, 1.82) is 0 Å². The van der Waals surface area contributed by atoms with Crippen LogP contribution in [0.15, 0.2) is 23.4 Å². The van der Waals surface area contributed by atoms with Crippen molar-refractivity contribution >= 4 is 0 Å². The molecule has 122 valence electrons. The molecule has 0 amide bonds. The Hall–Kier alpha value is -1.93. The van der Waals surface area contributed by atoms with Crippen LogP contribution in [0.1, 0.15) is 0 Å². The van der Waals surface area contributed by atoms with E-state index in [4.69, 9.17) is 24.5 Å². The molecular formula is C13H19FN4O4. The van der Waals surface area contributed by atoms with Gasteiger partial charge in [0.1, 0.15) is 6.61 Å². The zero-order valence-electron chi connectivity index (χ0n) is 12.2. The van der Waals surface area contributed by atoms with E-state index in [9.17, 15) is 4.39 Å². The van der Waals surface area contributed by atoms with Crippen LogP contribution in [0.25, 0.3) is 10.4 Å². The lowest BCUT2D eigenvalue weighted by Crippen LogP contribution is -2.13. The highest BCUT2D eigenvalue weighted by Crippen LogP contribution is 2.12. The lowest BCUT2D eigenvalue weighted by atomic mass is 10.4. The standard InChI is InChI=1S/C13H19FN4O4/c14-13-12(2-1-3-16-13)22-11-10-21-9-8-20-7-6-19-5-4-17-18-15/h1-3H,4-11H2. The van der Waals surface area contributed by atoms with Gasteiger partial charge >= 0.3 is 0 Å². The highest BCUT2D eigenvalue weighted by atomic mass is 19.1. The number of ether oxygens (including phenoxy) is 4. The molecule has 0 aliphatic heterocycles. The summed E-state index contributed by atoms with van der Waals surface area (Å²) in [6.45, 7) is 2.99. The predicted molar refractivity (Wildman–Crippen MR) is 76.2 cm³/mol. The summed E-state index contributed by atoms with van der Waals surface area (Å²) >= 11 is 0. The van der Waals surface area contributed by atoms with E-state index in [0.717, 1.165) is 0 Å². The molecule has 1 aromatic heterocycles. The smallest absolute Gasteiger partial charge is 0.255 e. The highest BCUT2D eigenvalue weighted by molar-refractivity contribution is 5.17. The number of rotatable bonds is 13. The van der Waals surface area contributed by atoms with Crippen LogP contribution in [0.2, 0.25) is 0 Å². The molecule has 0 bridgehead atoms. The van der Waals surface area contributed by atoms with Gasteiger partial charge in [-0.15, -0.1) is 0 Å². The van der Waals surface area contributed by atoms with Crippen LogP contribution in [-0.4, -0.2) is 57.8 Å². The van der Waals surface area contributed by atoms with E-state index in [-0.39, 0.29) is 12.4 Å². The largest absolute Gasteiger partial charge is 0.486 e. The third-order valence-corrected chi connectivity index (χ3v) is 2.35. The average Bonchev–Trinajstić information content (AvgIpc) is 2.53. The molecule has 0 saturated carbocycles. The third-order valence-electron chi connectivity index (χ3n) is 2.35. The number of aromatic nitrogens is 1. The van der Waals surface area contributed by atoms with Crippen molar-refractivity contribution in [2.75, 3.05) is 52.8 Å². The summed E-state index contributed by atoms with van der Waals surface area (Å²) in [6, 6.07) is 3.11. The minimum absolute atomic E-state index is 0.111. The second kappa shape index (κ2) is 12.8. The molecule has 0 aliphatic carbocycles. The van der Waals surface area contributed by atoms with Gasteiger partial charge in [-0.2, -0.15) is 4.39 Å². The normalized spacial score (nSPS) is 10.2. The number of pyridine rings is 1. The first-order valence-corrected chi connectivity index (χ1v) is 6.82. The van der Waals surface area contributed by atoms with Gasteiger partial charge in [0.2, 0.25) is 0 Å². The molecule has 0 aromatic carbocycles. The number of halogens is 1. The van der Waals surface area contributed by atoms with Gasteiger partial charge in [-0.1, -0.05) is 5.11 Å². The van der Waals surface area contributed by atoms with Crippen LogP contribution in [0.3, 0.4) is 0 Å². The van der Waals surface area contributed by atoms with Crippen LogP contribution in [0, 0.1) is 5.95 Å². The molecule has 0 saturated heterocycles. The SMILES string of the molecule is [N-]=[N+]=NCCOCCOCCOCCOc1cccnc1F. The van der Waals surface area contributed by atoms with Gasteiger partial charge in [-0.25, -0.2) is 4.98 Å². The Morgan fingerprint density at radius 3 is 2.32 bits per heavy atom. The van der Waals surface area contributed by atoms with E-state index in [1.54, 1.807) is 6.07 Å². The molecular weight excluding hydrogens is 295 g/mol. The topological polar surface area (TPSA) is 98.6 Å². The van der Waals surface area contributed by atoms with Gasteiger partial charge in [-0.3, -0.25) is 0 Å². The van der Waals surface area contributed by atoms with Crippen molar-refractivity contribution in [3.05, 3.63) is 34.7 Å². The summed E-state index contributed by atoms with van der Waals surface area (Å²) < 4.78 is 33.9. The van der Waals surface area contributed by atoms with Crippen molar-refractivity contribution in [2.24, 2.45) is 5.11 Å². The van der Waals surface area contributed by atoms with Crippen LogP contribution < -0.4 is 4.74 Å². The molecule has 9 heteroatoms. The molecule has 0 N–H and O–H groups in total. The lowest BCUT2D eigenvalue weighted by Gasteiger charge is -2.08. The summed E-state index contributed by atoms with van der Waals surface area (Å²) in [5, 5.41) is 3.33. The maximum atomic E-state index is 13.1. The first kappa shape index (κ1) is 18.1.